The maximum Gasteiger partial charge on any atom is 0.435 e. The van der Waals surface area contributed by atoms with Crippen LogP contribution in [0.15, 0.2) is 54.2 Å². The average Bonchev–Trinajstić information content (AvgIpc) is 3.46. The monoisotopic (exact) mass is 549 g/mol. The number of nitriles is 1. The van der Waals surface area contributed by atoms with Gasteiger partial charge in [0.2, 0.25) is 0 Å². The van der Waals surface area contributed by atoms with E-state index < -0.39 is 35.4 Å². The third kappa shape index (κ3) is 4.96. The molecule has 4 rings (SSSR count). The Morgan fingerprint density at radius 1 is 1.22 bits per heavy atom. The fourth-order valence-electron chi connectivity index (χ4n) is 4.19. The van der Waals surface area contributed by atoms with Crippen LogP contribution < -0.4 is 0 Å². The van der Waals surface area contributed by atoms with E-state index in [4.69, 9.17) is 28.0 Å². The second-order valence-corrected chi connectivity index (χ2v) is 10.0. The summed E-state index contributed by atoms with van der Waals surface area (Å²) in [6, 6.07) is 10.1. The average molecular weight is 550 g/mol. The van der Waals surface area contributed by atoms with Crippen LogP contribution in [0, 0.1) is 23.7 Å². The molecule has 0 saturated heterocycles. The van der Waals surface area contributed by atoms with Crippen LogP contribution in [-0.2, 0) is 15.2 Å². The van der Waals surface area contributed by atoms with Crippen molar-refractivity contribution in [3.8, 4) is 6.07 Å². The number of amides is 2. The van der Waals surface area contributed by atoms with Crippen molar-refractivity contribution < 1.29 is 27.6 Å². The van der Waals surface area contributed by atoms with E-state index in [0.717, 1.165) is 23.1 Å². The summed E-state index contributed by atoms with van der Waals surface area (Å²) in [6.07, 6.45) is -3.34. The summed E-state index contributed by atoms with van der Waals surface area (Å²) in [7, 11) is 0. The van der Waals surface area contributed by atoms with Gasteiger partial charge in [0.25, 0.3) is 17.4 Å². The highest BCUT2D eigenvalue weighted by atomic mass is 35.5. The molecule has 0 bridgehead atoms. The van der Waals surface area contributed by atoms with Crippen molar-refractivity contribution in [2.45, 2.75) is 38.0 Å². The van der Waals surface area contributed by atoms with Crippen LogP contribution in [0.1, 0.15) is 46.3 Å². The largest absolute Gasteiger partial charge is 0.435 e. The third-order valence-corrected chi connectivity index (χ3v) is 6.98. The quantitative estimate of drug-likeness (QED) is 0.393. The minimum absolute atomic E-state index is 0.0101. The van der Waals surface area contributed by atoms with Crippen molar-refractivity contribution in [3.05, 3.63) is 81.4 Å². The molecule has 6 nitrogen and oxygen atoms in total. The van der Waals surface area contributed by atoms with Crippen LogP contribution in [0.4, 0.5) is 13.2 Å². The number of nitrogens with zero attached hydrogens (tertiary/aromatic N) is 3. The Labute approximate surface area is 220 Å². The zero-order chi connectivity index (χ0) is 27.2. The number of aryl methyl sites for hydroxylation is 1. The third-order valence-electron chi connectivity index (χ3n) is 6.54. The number of carbonyl (C=O) groups excluding carboxylic acids is 2. The van der Waals surface area contributed by atoms with Gasteiger partial charge in [-0.3, -0.25) is 14.5 Å². The van der Waals surface area contributed by atoms with Crippen molar-refractivity contribution >= 4 is 40.7 Å². The molecule has 192 valence electrons. The number of hydrogen-bond acceptors (Lipinski definition) is 5. The molecule has 0 aromatic heterocycles. The van der Waals surface area contributed by atoms with E-state index in [1.54, 1.807) is 6.92 Å². The molecule has 1 aliphatic carbocycles. The molecular weight excluding hydrogens is 530 g/mol. The van der Waals surface area contributed by atoms with Gasteiger partial charge >= 0.3 is 6.18 Å². The van der Waals surface area contributed by atoms with Crippen LogP contribution in [0.2, 0.25) is 10.0 Å². The van der Waals surface area contributed by atoms with E-state index in [1.165, 1.54) is 24.3 Å². The normalized spacial score (nSPS) is 19.9. The van der Waals surface area contributed by atoms with Gasteiger partial charge in [0, 0.05) is 34.1 Å². The van der Waals surface area contributed by atoms with Crippen LogP contribution in [0.3, 0.4) is 0 Å². The van der Waals surface area contributed by atoms with E-state index in [0.29, 0.717) is 24.0 Å². The Bertz CT molecular complexity index is 1360. The van der Waals surface area contributed by atoms with E-state index in [9.17, 15) is 28.0 Å². The Kier molecular flexibility index (Phi) is 6.86. The van der Waals surface area contributed by atoms with Crippen LogP contribution in [0.5, 0.6) is 0 Å². The lowest BCUT2D eigenvalue weighted by Crippen LogP contribution is -2.42. The van der Waals surface area contributed by atoms with Crippen molar-refractivity contribution in [3.63, 3.8) is 0 Å². The van der Waals surface area contributed by atoms with Gasteiger partial charge in [-0.05, 0) is 67.3 Å². The van der Waals surface area contributed by atoms with E-state index in [2.05, 4.69) is 17.8 Å². The van der Waals surface area contributed by atoms with Gasteiger partial charge in [-0.25, -0.2) is 0 Å². The lowest BCUT2D eigenvalue weighted by molar-refractivity contribution is -0.275. The number of alkyl halides is 3. The number of imide groups is 1. The summed E-state index contributed by atoms with van der Waals surface area (Å²) in [5.41, 5.74) is -2.95. The van der Waals surface area contributed by atoms with Gasteiger partial charge in [0.1, 0.15) is 0 Å². The number of hydrogen-bond donors (Lipinski definition) is 0. The molecule has 2 amide bonds. The second-order valence-electron chi connectivity index (χ2n) is 9.14. The smallest absolute Gasteiger partial charge is 0.374 e. The summed E-state index contributed by atoms with van der Waals surface area (Å²) < 4.78 is 42.8. The van der Waals surface area contributed by atoms with Gasteiger partial charge < -0.3 is 4.84 Å². The van der Waals surface area contributed by atoms with Gasteiger partial charge in [-0.1, -0.05) is 41.0 Å². The lowest BCUT2D eigenvalue weighted by atomic mass is 9.86. The van der Waals surface area contributed by atoms with Crippen molar-refractivity contribution in [1.82, 2.24) is 4.90 Å². The minimum Gasteiger partial charge on any atom is -0.374 e. The Balaban J connectivity index is 1.63. The van der Waals surface area contributed by atoms with Crippen molar-refractivity contribution in [2.24, 2.45) is 10.6 Å². The van der Waals surface area contributed by atoms with Gasteiger partial charge in [0.05, 0.1) is 17.2 Å². The van der Waals surface area contributed by atoms with Crippen LogP contribution in [0.25, 0.3) is 0 Å². The first-order valence-corrected chi connectivity index (χ1v) is 11.9. The molecule has 1 aliphatic heterocycles. The summed E-state index contributed by atoms with van der Waals surface area (Å²) in [5, 5.41) is 13.2. The Morgan fingerprint density at radius 2 is 1.86 bits per heavy atom. The predicted octanol–water partition coefficient (Wildman–Crippen LogP) is 6.34. The fraction of sp³-hybridized carbons (Fsp3) is 0.308. The second kappa shape index (κ2) is 9.51. The predicted molar refractivity (Wildman–Crippen MR) is 131 cm³/mol. The van der Waals surface area contributed by atoms with Gasteiger partial charge in [-0.2, -0.15) is 18.4 Å². The first-order valence-electron chi connectivity index (χ1n) is 11.1. The SMILES string of the molecule is C=CC(=O)N(CC1(C#N)CC1)C(=O)c1ccc(C2=NOC(c3cc(Cl)cc(Cl)c3)(C(F)(F)F)C2)cc1C. The maximum absolute atomic E-state index is 14.3. The van der Waals surface area contributed by atoms with E-state index >= 15 is 0 Å². The summed E-state index contributed by atoms with van der Waals surface area (Å²) >= 11 is 11.9. The number of carbonyl (C=O) groups is 2. The van der Waals surface area contributed by atoms with Gasteiger partial charge in [-0.15, -0.1) is 0 Å². The standard InChI is InChI=1S/C26H20Cl2F3N3O3/c1-3-22(35)34(14-24(13-32)6-7-24)23(36)20-5-4-16(8-15(20)2)21-12-25(37-33-21,26(29,30)31)17-9-18(27)11-19(28)10-17/h3-5,8-11H,1,6-7,12,14H2,2H3. The number of benzene rings is 2. The highest BCUT2D eigenvalue weighted by molar-refractivity contribution is 6.34. The topological polar surface area (TPSA) is 82.8 Å². The number of rotatable bonds is 6. The molecule has 2 aliphatic rings. The molecule has 1 heterocycles. The zero-order valence-electron chi connectivity index (χ0n) is 19.5. The maximum atomic E-state index is 14.3. The summed E-state index contributed by atoms with van der Waals surface area (Å²) in [4.78, 5) is 31.6. The number of halogens is 5. The van der Waals surface area contributed by atoms with Crippen LogP contribution >= 0.6 is 23.2 Å². The molecule has 37 heavy (non-hydrogen) atoms. The molecule has 11 heteroatoms. The molecule has 1 fully saturated rings. The summed E-state index contributed by atoms with van der Waals surface area (Å²) in [6.45, 7) is 4.96. The van der Waals surface area contributed by atoms with Crippen LogP contribution in [-0.4, -0.2) is 35.1 Å². The highest BCUT2D eigenvalue weighted by Gasteiger charge is 2.62. The molecule has 1 unspecified atom stereocenters. The fourth-order valence-corrected chi connectivity index (χ4v) is 4.72. The molecule has 0 N–H and O–H groups in total. The van der Waals surface area contributed by atoms with Gasteiger partial charge in [0.15, 0.2) is 0 Å². The number of oxime groups is 1. The highest BCUT2D eigenvalue weighted by Crippen LogP contribution is 2.50. The molecule has 2 aromatic carbocycles. The molecule has 1 saturated carbocycles. The molecule has 0 spiro atoms. The summed E-state index contributed by atoms with van der Waals surface area (Å²) in [5.74, 6) is -1.27. The van der Waals surface area contributed by atoms with E-state index in [-0.39, 0.29) is 33.4 Å². The Hall–Kier alpha value is -3.35. The first-order chi connectivity index (χ1) is 17.3. The first kappa shape index (κ1) is 26.7. The zero-order valence-corrected chi connectivity index (χ0v) is 21.0. The van der Waals surface area contributed by atoms with Crippen molar-refractivity contribution in [1.29, 1.82) is 5.26 Å². The molecule has 0 radical (unpaired) electrons. The minimum atomic E-state index is -4.84. The lowest BCUT2D eigenvalue weighted by Gasteiger charge is -2.29. The molecule has 2 aromatic rings. The van der Waals surface area contributed by atoms with E-state index in [1.807, 2.05) is 0 Å². The molecular formula is C26H20Cl2F3N3O3. The molecule has 1 atom stereocenters. The van der Waals surface area contributed by atoms with Crippen molar-refractivity contribution in [2.75, 3.05) is 6.54 Å². The Morgan fingerprint density at radius 3 is 2.38 bits per heavy atom.